The van der Waals surface area contributed by atoms with Gasteiger partial charge in [0.25, 0.3) is 0 Å². The summed E-state index contributed by atoms with van der Waals surface area (Å²) in [7, 11) is -1.13. The largest absolute Gasteiger partial charge is 0.507 e. The van der Waals surface area contributed by atoms with E-state index >= 15 is 0 Å². The number of likely N-dealkylation sites (tertiary alicyclic amines) is 1. The van der Waals surface area contributed by atoms with Crippen LogP contribution in [0.3, 0.4) is 0 Å². The molecule has 11 heteroatoms. The van der Waals surface area contributed by atoms with E-state index in [0.29, 0.717) is 43.2 Å². The predicted octanol–water partition coefficient (Wildman–Crippen LogP) is 4.91. The number of allylic oxidation sites excluding steroid dienone is 1. The van der Waals surface area contributed by atoms with Crippen molar-refractivity contribution >= 4 is 52.5 Å². The Morgan fingerprint density at radius 2 is 1.82 bits per heavy atom. The number of carbonyl (C=O) groups excluding carboxylic acids is 2. The Kier molecular flexibility index (Phi) is 10.4. The molecule has 1 aliphatic carbocycles. The summed E-state index contributed by atoms with van der Waals surface area (Å²) < 4.78 is 6.89. The zero-order valence-electron chi connectivity index (χ0n) is 24.4. The van der Waals surface area contributed by atoms with Crippen molar-refractivity contribution in [3.8, 4) is 5.75 Å². The van der Waals surface area contributed by atoms with E-state index in [0.717, 1.165) is 21.2 Å². The number of halogens is 1. The Morgan fingerprint density at radius 3 is 2.55 bits per heavy atom. The molecule has 2 aliphatic heterocycles. The summed E-state index contributed by atoms with van der Waals surface area (Å²) >= 11 is 3.47. The van der Waals surface area contributed by atoms with Gasteiger partial charge in [-0.15, -0.1) is 0 Å². The number of nitrogens with zero attached hydrogens (tertiary/aromatic N) is 1. The second-order valence-corrected chi connectivity index (χ2v) is 12.7. The number of amides is 2. The average Bonchev–Trinajstić information content (AvgIpc) is 3.24. The number of phenolic OH excluding ortho intramolecular Hbond substituents is 1. The minimum atomic E-state index is -1.13. The van der Waals surface area contributed by atoms with Gasteiger partial charge in [-0.2, -0.15) is 0 Å². The number of aromatic hydroxyl groups is 1. The summed E-state index contributed by atoms with van der Waals surface area (Å²) in [5.74, 6) is -2.91. The van der Waals surface area contributed by atoms with Crippen molar-refractivity contribution in [2.45, 2.75) is 57.4 Å². The van der Waals surface area contributed by atoms with Crippen molar-refractivity contribution < 1.29 is 39.4 Å². The second kappa shape index (κ2) is 14.2. The monoisotopic (exact) mass is 665 g/mol. The quantitative estimate of drug-likeness (QED) is 0.0823. The first-order valence-electron chi connectivity index (χ1n) is 15.2. The Labute approximate surface area is 265 Å². The van der Waals surface area contributed by atoms with Crippen molar-refractivity contribution in [2.75, 3.05) is 13.2 Å². The number of aliphatic hydroxyl groups excluding tert-OH is 1. The molecule has 2 aromatic rings. The zero-order chi connectivity index (χ0) is 31.4. The molecule has 2 saturated heterocycles. The summed E-state index contributed by atoms with van der Waals surface area (Å²) in [5, 5.41) is 40.6. The highest BCUT2D eigenvalue weighted by Crippen LogP contribution is 2.50. The molecule has 2 amide bonds. The van der Waals surface area contributed by atoms with E-state index in [-0.39, 0.29) is 49.9 Å². The van der Waals surface area contributed by atoms with Crippen LogP contribution in [0.4, 0.5) is 0 Å². The lowest BCUT2D eigenvalue weighted by Gasteiger charge is -2.43. The molecular weight excluding hydrogens is 629 g/mol. The Hall–Kier alpha value is -3.25. The molecule has 4 N–H and O–H groups in total. The molecule has 0 spiro atoms. The zero-order valence-corrected chi connectivity index (χ0v) is 26.0. The number of carbonyl (C=O) groups is 3. The van der Waals surface area contributed by atoms with E-state index in [1.54, 1.807) is 12.1 Å². The minimum absolute atomic E-state index is 0.0485. The lowest BCUT2D eigenvalue weighted by Crippen LogP contribution is -2.46. The number of carboxylic acid groups (broad SMARTS) is 1. The summed E-state index contributed by atoms with van der Waals surface area (Å²) in [6.07, 6.45) is 4.41. The highest BCUT2D eigenvalue weighted by Gasteiger charge is 2.57. The summed E-state index contributed by atoms with van der Waals surface area (Å²) in [6.45, 7) is -0.0358. The van der Waals surface area contributed by atoms with Crippen molar-refractivity contribution in [3.05, 3.63) is 75.3 Å². The maximum atomic E-state index is 13.7. The van der Waals surface area contributed by atoms with Gasteiger partial charge >= 0.3 is 13.1 Å². The molecular formula is C33H37BBrNO8. The maximum Gasteiger partial charge on any atom is 0.455 e. The molecule has 2 fully saturated rings. The normalized spacial score (nSPS) is 23.7. The van der Waals surface area contributed by atoms with E-state index in [4.69, 9.17) is 9.76 Å². The highest BCUT2D eigenvalue weighted by atomic mass is 79.9. The molecule has 4 atom stereocenters. The van der Waals surface area contributed by atoms with Crippen molar-refractivity contribution in [1.82, 2.24) is 4.90 Å². The Balaban J connectivity index is 1.38. The number of hydrogen-bond acceptors (Lipinski definition) is 7. The first-order valence-corrected chi connectivity index (χ1v) is 15.9. The topological polar surface area (TPSA) is 145 Å². The van der Waals surface area contributed by atoms with Crippen LogP contribution in [0.25, 0.3) is 11.6 Å². The number of benzene rings is 2. The van der Waals surface area contributed by atoms with Gasteiger partial charge in [0.15, 0.2) is 0 Å². The summed E-state index contributed by atoms with van der Waals surface area (Å²) in [6, 6.07) is 15.0. The van der Waals surface area contributed by atoms with Crippen LogP contribution < -0.4 is 0 Å². The maximum absolute atomic E-state index is 13.7. The first kappa shape index (κ1) is 32.2. The molecule has 0 unspecified atom stereocenters. The van der Waals surface area contributed by atoms with Crippen LogP contribution in [0.5, 0.6) is 5.75 Å². The summed E-state index contributed by atoms with van der Waals surface area (Å²) in [5.41, 5.74) is 4.05. The van der Waals surface area contributed by atoms with Crippen LogP contribution in [0.15, 0.2) is 64.1 Å². The lowest BCUT2D eigenvalue weighted by molar-refractivity contribution is -0.141. The Morgan fingerprint density at radius 1 is 1.05 bits per heavy atom. The molecule has 0 saturated carbocycles. The number of imide groups is 1. The number of hydrogen-bond donors (Lipinski definition) is 4. The molecule has 232 valence electrons. The fraction of sp³-hybridized carbons (Fsp3) is 0.424. The van der Waals surface area contributed by atoms with Gasteiger partial charge in [0, 0.05) is 23.0 Å². The van der Waals surface area contributed by atoms with Gasteiger partial charge in [0.1, 0.15) is 5.75 Å². The fourth-order valence-corrected chi connectivity index (χ4v) is 7.36. The van der Waals surface area contributed by atoms with Gasteiger partial charge in [0.2, 0.25) is 11.8 Å². The van der Waals surface area contributed by atoms with E-state index in [1.165, 1.54) is 4.90 Å². The number of fused-ring (bicyclic) bond motifs is 3. The van der Waals surface area contributed by atoms with Crippen molar-refractivity contribution in [1.29, 1.82) is 0 Å². The smallest absolute Gasteiger partial charge is 0.455 e. The van der Waals surface area contributed by atoms with Crippen LogP contribution in [-0.4, -0.2) is 69.4 Å². The molecule has 44 heavy (non-hydrogen) atoms. The molecule has 2 heterocycles. The predicted molar refractivity (Wildman–Crippen MR) is 169 cm³/mol. The number of carboxylic acids is 1. The Bertz CT molecular complexity index is 1460. The van der Waals surface area contributed by atoms with Gasteiger partial charge in [-0.1, -0.05) is 52.7 Å². The van der Waals surface area contributed by atoms with Gasteiger partial charge in [-0.05, 0) is 90.9 Å². The van der Waals surface area contributed by atoms with Crippen molar-refractivity contribution in [3.63, 3.8) is 0 Å². The highest BCUT2D eigenvalue weighted by molar-refractivity contribution is 9.10. The van der Waals surface area contributed by atoms with Crippen LogP contribution >= 0.6 is 15.9 Å². The van der Waals surface area contributed by atoms with E-state index in [2.05, 4.69) is 15.9 Å². The van der Waals surface area contributed by atoms with Crippen LogP contribution in [0.1, 0.15) is 56.1 Å². The van der Waals surface area contributed by atoms with Gasteiger partial charge < -0.3 is 25.0 Å². The number of aliphatic carboxylic acids is 1. The van der Waals surface area contributed by atoms with E-state index in [9.17, 15) is 29.6 Å². The molecule has 0 aromatic heterocycles. The lowest BCUT2D eigenvalue weighted by atomic mass is 9.58. The molecule has 0 bridgehead atoms. The van der Waals surface area contributed by atoms with Crippen LogP contribution in [-0.2, 0) is 19.0 Å². The number of rotatable bonds is 12. The van der Waals surface area contributed by atoms with Gasteiger partial charge in [-0.3, -0.25) is 19.3 Å². The minimum Gasteiger partial charge on any atom is -0.507 e. The first-order chi connectivity index (χ1) is 21.2. The molecule has 9 nitrogen and oxygen atoms in total. The van der Waals surface area contributed by atoms with Crippen LogP contribution in [0, 0.1) is 17.8 Å². The molecule has 3 aliphatic rings. The molecule has 2 aromatic carbocycles. The molecule has 5 rings (SSSR count). The SMILES string of the molecule is O=C(O)CCCCCN1C(=O)[C@@H]2[C@@H](CC(CO)=C3[C@@H](CC/C(=C/c4cc(Br)ccc4O)c4ccccc4)OB(O)C[C@@H]32)C1=O. The number of aliphatic hydroxyl groups is 1. The summed E-state index contributed by atoms with van der Waals surface area (Å²) in [4.78, 5) is 39.2. The third-order valence-corrected chi connectivity index (χ3v) is 9.50. The van der Waals surface area contributed by atoms with Gasteiger partial charge in [-0.25, -0.2) is 0 Å². The van der Waals surface area contributed by atoms with Crippen LogP contribution in [0.2, 0.25) is 6.32 Å². The van der Waals surface area contributed by atoms with Crippen molar-refractivity contribution in [2.24, 2.45) is 17.8 Å². The average molecular weight is 666 g/mol. The van der Waals surface area contributed by atoms with E-state index in [1.807, 2.05) is 42.5 Å². The third kappa shape index (κ3) is 7.01. The fourth-order valence-electron chi connectivity index (χ4n) is 6.99. The number of unbranched alkanes of at least 4 members (excludes halogenated alkanes) is 2. The second-order valence-electron chi connectivity index (χ2n) is 11.8. The standard InChI is InChI=1S/C33H37BBrNO8/c35-24-11-12-27(38)22(16-24)15-21(20-7-3-1-4-8-20)10-13-28-30-23(19-37)17-25-31(26(30)18-34(43)44-28)33(42)36(32(25)41)14-6-2-5-9-29(39)40/h1,3-4,7-8,11-12,15-16,25-26,28,31,37-38,43H,2,5-6,9-10,13-14,17-19H2,(H,39,40)/b21-15-/t25-,26+,28-,31-/m1/s1. The van der Waals surface area contributed by atoms with E-state index < -0.39 is 36.9 Å². The van der Waals surface area contributed by atoms with Gasteiger partial charge in [0.05, 0.1) is 24.5 Å². The molecule has 0 radical (unpaired) electrons. The number of phenols is 1. The third-order valence-electron chi connectivity index (χ3n) is 9.00.